The number of hydrogen-bond donors (Lipinski definition) is 4. The van der Waals surface area contributed by atoms with Gasteiger partial charge in [0.1, 0.15) is 5.84 Å². The second-order valence-electron chi connectivity index (χ2n) is 6.28. The van der Waals surface area contributed by atoms with E-state index in [0.717, 1.165) is 16.8 Å². The van der Waals surface area contributed by atoms with Gasteiger partial charge in [0.2, 0.25) is 0 Å². The largest absolute Gasteiger partial charge is 0.481 e. The number of aromatic amines is 1. The number of rotatable bonds is 6. The summed E-state index contributed by atoms with van der Waals surface area (Å²) >= 11 is 0. The number of amidine groups is 1. The molecule has 0 aliphatic carbocycles. The van der Waals surface area contributed by atoms with Gasteiger partial charge in [-0.1, -0.05) is 24.3 Å². The van der Waals surface area contributed by atoms with Crippen LogP contribution in [-0.4, -0.2) is 26.5 Å². The number of aryl methyl sites for hydroxylation is 1. The van der Waals surface area contributed by atoms with Gasteiger partial charge >= 0.3 is 11.7 Å². The lowest BCUT2D eigenvalue weighted by atomic mass is 10.0. The monoisotopic (exact) mass is 364 g/mol. The Morgan fingerprint density at radius 2 is 1.78 bits per heavy atom. The van der Waals surface area contributed by atoms with Crippen molar-refractivity contribution >= 4 is 11.8 Å². The van der Waals surface area contributed by atoms with E-state index in [9.17, 15) is 9.59 Å². The van der Waals surface area contributed by atoms with E-state index in [1.165, 1.54) is 0 Å². The number of aromatic nitrogens is 2. The highest BCUT2D eigenvalue weighted by atomic mass is 16.4. The lowest BCUT2D eigenvalue weighted by Crippen LogP contribution is -2.16. The van der Waals surface area contributed by atoms with Crippen molar-refractivity contribution in [3.63, 3.8) is 0 Å². The quantitative estimate of drug-likeness (QED) is 0.396. The number of carboxylic acids is 1. The number of imidazole rings is 1. The fourth-order valence-electron chi connectivity index (χ4n) is 2.99. The molecule has 0 atom stereocenters. The van der Waals surface area contributed by atoms with Gasteiger partial charge in [0.25, 0.3) is 0 Å². The van der Waals surface area contributed by atoms with Gasteiger partial charge < -0.3 is 15.8 Å². The van der Waals surface area contributed by atoms with Crippen LogP contribution in [0.5, 0.6) is 0 Å². The van der Waals surface area contributed by atoms with E-state index in [4.69, 9.17) is 16.2 Å². The molecule has 2 aromatic carbocycles. The Labute approximate surface area is 155 Å². The second-order valence-corrected chi connectivity index (χ2v) is 6.28. The van der Waals surface area contributed by atoms with Gasteiger partial charge in [-0.25, -0.2) is 4.79 Å². The maximum atomic E-state index is 12.5. The zero-order valence-electron chi connectivity index (χ0n) is 14.8. The standard InChI is InChI=1S/C20H20N4O3/c1-12-18(14-5-2-13(3-6-14)4-11-17(25)26)23-20(27)24(12)16-9-7-15(8-10-16)19(21)22/h2-3,5-10H,4,11H2,1H3,(H3,21,22)(H,23,27)(H,25,26). The zero-order valence-corrected chi connectivity index (χ0v) is 14.8. The number of nitrogen functional groups attached to an aromatic ring is 1. The minimum atomic E-state index is -0.827. The van der Waals surface area contributed by atoms with Crippen molar-refractivity contribution in [3.05, 3.63) is 75.8 Å². The minimum Gasteiger partial charge on any atom is -0.481 e. The number of H-pyrrole nitrogens is 1. The van der Waals surface area contributed by atoms with Crippen LogP contribution in [0.25, 0.3) is 16.9 Å². The molecule has 3 aromatic rings. The molecule has 0 unspecified atom stereocenters. The third-order valence-electron chi connectivity index (χ3n) is 4.44. The van der Waals surface area contributed by atoms with Gasteiger partial charge in [0.05, 0.1) is 11.4 Å². The molecule has 0 fully saturated rings. The van der Waals surface area contributed by atoms with E-state index >= 15 is 0 Å². The van der Waals surface area contributed by atoms with E-state index in [1.54, 1.807) is 28.8 Å². The van der Waals surface area contributed by atoms with Gasteiger partial charge in [-0.05, 0) is 48.7 Å². The van der Waals surface area contributed by atoms with Crippen LogP contribution < -0.4 is 11.4 Å². The molecule has 0 aliphatic heterocycles. The highest BCUT2D eigenvalue weighted by Gasteiger charge is 2.13. The van der Waals surface area contributed by atoms with Crippen LogP contribution in [-0.2, 0) is 11.2 Å². The third kappa shape index (κ3) is 3.82. The number of nitrogens with two attached hydrogens (primary N) is 1. The highest BCUT2D eigenvalue weighted by Crippen LogP contribution is 2.23. The lowest BCUT2D eigenvalue weighted by Gasteiger charge is -2.07. The predicted molar refractivity (Wildman–Crippen MR) is 104 cm³/mol. The van der Waals surface area contributed by atoms with Crippen LogP contribution in [0.4, 0.5) is 0 Å². The summed E-state index contributed by atoms with van der Waals surface area (Å²) in [6, 6.07) is 14.4. The summed E-state index contributed by atoms with van der Waals surface area (Å²) in [7, 11) is 0. The van der Waals surface area contributed by atoms with E-state index in [2.05, 4.69) is 4.98 Å². The molecule has 1 heterocycles. The van der Waals surface area contributed by atoms with Crippen LogP contribution in [0.2, 0.25) is 0 Å². The molecule has 0 aliphatic rings. The summed E-state index contributed by atoms with van der Waals surface area (Å²) in [4.78, 5) is 26.0. The van der Waals surface area contributed by atoms with Gasteiger partial charge in [0.15, 0.2) is 0 Å². The summed E-state index contributed by atoms with van der Waals surface area (Å²) < 4.78 is 1.57. The number of nitrogens with one attached hydrogen (secondary N) is 2. The first-order valence-electron chi connectivity index (χ1n) is 8.44. The van der Waals surface area contributed by atoms with Crippen LogP contribution in [0.1, 0.15) is 23.2 Å². The number of carbonyl (C=O) groups is 1. The summed E-state index contributed by atoms with van der Waals surface area (Å²) in [5, 5.41) is 16.2. The molecule has 138 valence electrons. The fraction of sp³-hybridized carbons (Fsp3) is 0.150. The summed E-state index contributed by atoms with van der Waals surface area (Å²) in [5.41, 5.74) is 9.74. The summed E-state index contributed by atoms with van der Waals surface area (Å²) in [5.74, 6) is -0.851. The van der Waals surface area contributed by atoms with Gasteiger partial charge in [-0.2, -0.15) is 0 Å². The van der Waals surface area contributed by atoms with Crippen LogP contribution in [0.15, 0.2) is 53.3 Å². The molecule has 0 radical (unpaired) electrons. The molecule has 0 bridgehead atoms. The zero-order chi connectivity index (χ0) is 19.6. The van der Waals surface area contributed by atoms with E-state index in [-0.39, 0.29) is 17.9 Å². The lowest BCUT2D eigenvalue weighted by molar-refractivity contribution is -0.136. The Kier molecular flexibility index (Phi) is 4.94. The Bertz CT molecular complexity index is 1040. The van der Waals surface area contributed by atoms with E-state index < -0.39 is 5.97 Å². The SMILES string of the molecule is Cc1c(-c2ccc(CCC(=O)O)cc2)[nH]c(=O)n1-c1ccc(C(=N)N)cc1. The normalized spacial score (nSPS) is 10.7. The molecule has 27 heavy (non-hydrogen) atoms. The Morgan fingerprint density at radius 1 is 1.15 bits per heavy atom. The van der Waals surface area contributed by atoms with Gasteiger partial charge in [-0.3, -0.25) is 14.8 Å². The molecule has 0 amide bonds. The molecule has 0 saturated heterocycles. The number of aliphatic carboxylic acids is 1. The summed E-state index contributed by atoms with van der Waals surface area (Å²) in [6.45, 7) is 1.85. The Hall–Kier alpha value is -3.61. The molecule has 3 rings (SSSR count). The number of nitrogens with zero attached hydrogens (tertiary/aromatic N) is 1. The maximum Gasteiger partial charge on any atom is 0.330 e. The topological polar surface area (TPSA) is 125 Å². The molecule has 0 spiro atoms. The average Bonchev–Trinajstić information content (AvgIpc) is 2.95. The minimum absolute atomic E-state index is 0.0247. The molecule has 0 saturated carbocycles. The van der Waals surface area contributed by atoms with Gasteiger partial charge in [-0.15, -0.1) is 0 Å². The van der Waals surface area contributed by atoms with Crippen LogP contribution in [0.3, 0.4) is 0 Å². The molecule has 5 N–H and O–H groups in total. The number of hydrogen-bond acceptors (Lipinski definition) is 3. The first-order valence-corrected chi connectivity index (χ1v) is 8.44. The van der Waals surface area contributed by atoms with Crippen molar-refractivity contribution in [2.24, 2.45) is 5.73 Å². The number of benzene rings is 2. The van der Waals surface area contributed by atoms with Crippen LogP contribution in [0, 0.1) is 12.3 Å². The molecule has 7 nitrogen and oxygen atoms in total. The van der Waals surface area contributed by atoms with Crippen molar-refractivity contribution < 1.29 is 9.90 Å². The number of carboxylic acid groups (broad SMARTS) is 1. The third-order valence-corrected chi connectivity index (χ3v) is 4.44. The smallest absolute Gasteiger partial charge is 0.330 e. The van der Waals surface area contributed by atoms with Crippen molar-refractivity contribution in [2.45, 2.75) is 19.8 Å². The first-order chi connectivity index (χ1) is 12.9. The predicted octanol–water partition coefficient (Wildman–Crippen LogP) is 2.44. The van der Waals surface area contributed by atoms with Crippen molar-refractivity contribution in [1.82, 2.24) is 9.55 Å². The van der Waals surface area contributed by atoms with Crippen molar-refractivity contribution in [2.75, 3.05) is 0 Å². The molecular weight excluding hydrogens is 344 g/mol. The highest BCUT2D eigenvalue weighted by molar-refractivity contribution is 5.95. The Morgan fingerprint density at radius 3 is 2.33 bits per heavy atom. The second kappa shape index (κ2) is 7.33. The van der Waals surface area contributed by atoms with Crippen LogP contribution >= 0.6 is 0 Å². The van der Waals surface area contributed by atoms with Crippen molar-refractivity contribution in [3.8, 4) is 16.9 Å². The Balaban J connectivity index is 1.92. The molecule has 1 aromatic heterocycles. The first kappa shape index (κ1) is 18.2. The van der Waals surface area contributed by atoms with E-state index in [1.807, 2.05) is 31.2 Å². The van der Waals surface area contributed by atoms with Crippen molar-refractivity contribution in [1.29, 1.82) is 5.41 Å². The average molecular weight is 364 g/mol. The molecule has 7 heteroatoms. The van der Waals surface area contributed by atoms with Gasteiger partial charge in [0, 0.05) is 17.7 Å². The molecular formula is C20H20N4O3. The maximum absolute atomic E-state index is 12.5. The fourth-order valence-corrected chi connectivity index (χ4v) is 2.99. The van der Waals surface area contributed by atoms with E-state index in [0.29, 0.717) is 23.4 Å². The summed E-state index contributed by atoms with van der Waals surface area (Å²) in [6.07, 6.45) is 0.552.